The summed E-state index contributed by atoms with van der Waals surface area (Å²) in [6.45, 7) is 3.87. The molecule has 0 spiro atoms. The number of halogens is 1. The van der Waals surface area contributed by atoms with Crippen LogP contribution >= 0.6 is 11.6 Å². The molecule has 32 heavy (non-hydrogen) atoms. The van der Waals surface area contributed by atoms with Crippen LogP contribution < -0.4 is 14.4 Å². The number of hydrogen-bond donors (Lipinski definition) is 1. The number of carbonyl (C=O) groups excluding carboxylic acids is 2. The van der Waals surface area contributed by atoms with Crippen molar-refractivity contribution in [3.63, 3.8) is 0 Å². The normalized spacial score (nSPS) is 11.0. The number of hydrogen-bond acceptors (Lipinski definition) is 6. The lowest BCUT2D eigenvalue weighted by atomic mass is 10.1. The van der Waals surface area contributed by atoms with Gasteiger partial charge in [0.15, 0.2) is 0 Å². The van der Waals surface area contributed by atoms with Gasteiger partial charge in [0.05, 0.1) is 36.2 Å². The fraction of sp³-hybridized carbons (Fsp3) is 0.364. The number of benzene rings is 2. The summed E-state index contributed by atoms with van der Waals surface area (Å²) in [5, 5.41) is 3.06. The summed E-state index contributed by atoms with van der Waals surface area (Å²) in [5.74, 6) is -0.330. The van der Waals surface area contributed by atoms with Gasteiger partial charge in [0.25, 0.3) is 0 Å². The third kappa shape index (κ3) is 6.86. The van der Waals surface area contributed by atoms with Crippen LogP contribution in [0.5, 0.6) is 5.75 Å². The quantitative estimate of drug-likeness (QED) is 0.513. The number of sulfonamides is 1. The molecule has 0 saturated heterocycles. The van der Waals surface area contributed by atoms with Crippen molar-refractivity contribution >= 4 is 44.9 Å². The highest BCUT2D eigenvalue weighted by Gasteiger charge is 2.19. The summed E-state index contributed by atoms with van der Waals surface area (Å²) in [4.78, 5) is 24.4. The smallest absolute Gasteiger partial charge is 0.338 e. The van der Waals surface area contributed by atoms with E-state index in [1.54, 1.807) is 37.3 Å². The van der Waals surface area contributed by atoms with Gasteiger partial charge in [-0.2, -0.15) is 0 Å². The van der Waals surface area contributed by atoms with Crippen molar-refractivity contribution in [2.45, 2.75) is 26.7 Å². The first-order valence-electron chi connectivity index (χ1n) is 9.95. The molecule has 0 aromatic heterocycles. The molecule has 2 aromatic carbocycles. The molecular weight excluding hydrogens is 456 g/mol. The first-order chi connectivity index (χ1) is 15.1. The number of anilines is 2. The minimum Gasteiger partial charge on any atom is -0.495 e. The Hall–Kier alpha value is -2.78. The van der Waals surface area contributed by atoms with Crippen LogP contribution in [0.25, 0.3) is 0 Å². The third-order valence-corrected chi connectivity index (χ3v) is 6.10. The van der Waals surface area contributed by atoms with E-state index >= 15 is 0 Å². The second-order valence-corrected chi connectivity index (χ2v) is 9.37. The fourth-order valence-electron chi connectivity index (χ4n) is 2.99. The number of ether oxygens (including phenoxy) is 2. The zero-order valence-electron chi connectivity index (χ0n) is 18.5. The molecule has 8 nitrogen and oxygen atoms in total. The molecule has 0 aliphatic carbocycles. The van der Waals surface area contributed by atoms with Crippen molar-refractivity contribution in [1.82, 2.24) is 0 Å². The lowest BCUT2D eigenvalue weighted by Gasteiger charge is -2.23. The van der Waals surface area contributed by atoms with Gasteiger partial charge in [-0.1, -0.05) is 17.7 Å². The summed E-state index contributed by atoms with van der Waals surface area (Å²) in [5.41, 5.74) is 2.02. The number of aryl methyl sites for hydroxylation is 1. The Labute approximate surface area is 193 Å². The zero-order chi connectivity index (χ0) is 23.9. The number of methoxy groups -OCH3 is 1. The van der Waals surface area contributed by atoms with E-state index in [1.807, 2.05) is 6.92 Å². The van der Waals surface area contributed by atoms with Crippen molar-refractivity contribution in [2.24, 2.45) is 0 Å². The minimum absolute atomic E-state index is 0.0823. The molecule has 0 atom stereocenters. The van der Waals surface area contributed by atoms with Gasteiger partial charge in [0.2, 0.25) is 15.9 Å². The highest BCUT2D eigenvalue weighted by atomic mass is 35.5. The van der Waals surface area contributed by atoms with Crippen LogP contribution in [0.2, 0.25) is 5.02 Å². The average molecular weight is 483 g/mol. The Morgan fingerprint density at radius 1 is 1.16 bits per heavy atom. The van der Waals surface area contributed by atoms with E-state index in [2.05, 4.69) is 5.32 Å². The number of esters is 1. The maximum atomic E-state index is 12.4. The van der Waals surface area contributed by atoms with E-state index in [0.717, 1.165) is 11.8 Å². The van der Waals surface area contributed by atoms with Gasteiger partial charge in [0.1, 0.15) is 5.75 Å². The largest absolute Gasteiger partial charge is 0.495 e. The lowest BCUT2D eigenvalue weighted by Crippen LogP contribution is -2.31. The van der Waals surface area contributed by atoms with Gasteiger partial charge in [0, 0.05) is 18.7 Å². The molecule has 1 N–H and O–H groups in total. The second kappa shape index (κ2) is 11.2. The fourth-order valence-corrected chi connectivity index (χ4v) is 4.20. The summed E-state index contributed by atoms with van der Waals surface area (Å²) in [6.07, 6.45) is 1.45. The molecule has 0 radical (unpaired) electrons. The van der Waals surface area contributed by atoms with Crippen molar-refractivity contribution in [3.05, 3.63) is 52.5 Å². The van der Waals surface area contributed by atoms with E-state index in [9.17, 15) is 18.0 Å². The summed E-state index contributed by atoms with van der Waals surface area (Å²) < 4.78 is 35.8. The van der Waals surface area contributed by atoms with Crippen molar-refractivity contribution in [1.29, 1.82) is 0 Å². The van der Waals surface area contributed by atoms with Crippen LogP contribution in [0.3, 0.4) is 0 Å². The van der Waals surface area contributed by atoms with Crippen molar-refractivity contribution in [2.75, 3.05) is 36.1 Å². The first-order valence-corrected chi connectivity index (χ1v) is 12.2. The van der Waals surface area contributed by atoms with Gasteiger partial charge >= 0.3 is 5.97 Å². The predicted octanol–water partition coefficient (Wildman–Crippen LogP) is 4.02. The average Bonchev–Trinajstić information content (AvgIpc) is 2.72. The molecule has 0 fully saturated rings. The maximum absolute atomic E-state index is 12.4. The Bertz CT molecular complexity index is 1090. The SMILES string of the molecule is CCOC(=O)c1ccc(C)c(NC(=O)CCCN(c2ccc(OC)c(Cl)c2)S(C)(=O)=O)c1. The highest BCUT2D eigenvalue weighted by Crippen LogP contribution is 2.30. The summed E-state index contributed by atoms with van der Waals surface area (Å²) in [7, 11) is -2.12. The predicted molar refractivity (Wildman–Crippen MR) is 125 cm³/mol. The Morgan fingerprint density at radius 3 is 2.47 bits per heavy atom. The van der Waals surface area contributed by atoms with Crippen LogP contribution in [0.15, 0.2) is 36.4 Å². The van der Waals surface area contributed by atoms with E-state index in [4.69, 9.17) is 21.1 Å². The molecule has 0 unspecified atom stereocenters. The standard InChI is InChI=1S/C22H27ClN2O6S/c1-5-31-22(27)16-9-8-15(2)19(13-16)24-21(26)7-6-12-25(32(4,28)29)17-10-11-20(30-3)18(23)14-17/h8-11,13-14H,5-7,12H2,1-4H3,(H,24,26). The van der Waals surface area contributed by atoms with E-state index in [1.165, 1.54) is 17.5 Å². The number of nitrogens with one attached hydrogen (secondary N) is 1. The van der Waals surface area contributed by atoms with Crippen LogP contribution in [0.1, 0.15) is 35.7 Å². The molecule has 0 aliphatic rings. The minimum atomic E-state index is -3.59. The van der Waals surface area contributed by atoms with Crippen molar-refractivity contribution in [3.8, 4) is 5.75 Å². The zero-order valence-corrected chi connectivity index (χ0v) is 20.0. The molecule has 0 heterocycles. The van der Waals surface area contributed by atoms with Crippen LogP contribution in [-0.2, 0) is 19.6 Å². The van der Waals surface area contributed by atoms with E-state index < -0.39 is 16.0 Å². The number of amides is 1. The number of rotatable bonds is 10. The molecule has 2 aromatic rings. The van der Waals surface area contributed by atoms with Gasteiger partial charge in [-0.25, -0.2) is 13.2 Å². The van der Waals surface area contributed by atoms with Crippen molar-refractivity contribution < 1.29 is 27.5 Å². The van der Waals surface area contributed by atoms with Crippen LogP contribution in [0, 0.1) is 6.92 Å². The first kappa shape index (κ1) is 25.5. The molecule has 0 saturated carbocycles. The van der Waals surface area contributed by atoms with Gasteiger partial charge in [-0.15, -0.1) is 0 Å². The van der Waals surface area contributed by atoms with Gasteiger partial charge in [-0.05, 0) is 56.2 Å². The summed E-state index contributed by atoms with van der Waals surface area (Å²) in [6, 6.07) is 9.60. The Balaban J connectivity index is 2.05. The molecule has 1 amide bonds. The Morgan fingerprint density at radius 2 is 1.88 bits per heavy atom. The monoisotopic (exact) mass is 482 g/mol. The molecule has 0 bridgehead atoms. The number of nitrogens with zero attached hydrogens (tertiary/aromatic N) is 1. The van der Waals surface area contributed by atoms with Gasteiger partial charge in [-0.3, -0.25) is 9.10 Å². The van der Waals surface area contributed by atoms with Gasteiger partial charge < -0.3 is 14.8 Å². The molecule has 174 valence electrons. The Kier molecular flexibility index (Phi) is 8.91. The molecule has 10 heteroatoms. The lowest BCUT2D eigenvalue weighted by molar-refractivity contribution is -0.116. The highest BCUT2D eigenvalue weighted by molar-refractivity contribution is 7.92. The molecular formula is C22H27ClN2O6S. The third-order valence-electron chi connectivity index (χ3n) is 4.61. The maximum Gasteiger partial charge on any atom is 0.338 e. The van der Waals surface area contributed by atoms with E-state index in [0.29, 0.717) is 22.7 Å². The van der Waals surface area contributed by atoms with Crippen LogP contribution in [0.4, 0.5) is 11.4 Å². The van der Waals surface area contributed by atoms with E-state index in [-0.39, 0.29) is 36.9 Å². The summed E-state index contributed by atoms with van der Waals surface area (Å²) >= 11 is 6.12. The molecule has 0 aliphatic heterocycles. The number of carbonyl (C=O) groups is 2. The topological polar surface area (TPSA) is 102 Å². The van der Waals surface area contributed by atoms with Crippen LogP contribution in [-0.4, -0.2) is 46.8 Å². The second-order valence-electron chi connectivity index (χ2n) is 7.06. The molecule has 2 rings (SSSR count).